The van der Waals surface area contributed by atoms with Gasteiger partial charge in [0.25, 0.3) is 0 Å². The number of hydrogen-bond acceptors (Lipinski definition) is 1. The van der Waals surface area contributed by atoms with Crippen molar-refractivity contribution in [2.45, 2.75) is 121 Å². The monoisotopic (exact) mass is 426 g/mol. The van der Waals surface area contributed by atoms with Crippen LogP contribution in [0.2, 0.25) is 4.47 Å². The third-order valence-electron chi connectivity index (χ3n) is 5.67. The Bertz CT molecular complexity index is 255. The van der Waals surface area contributed by atoms with Gasteiger partial charge >= 0.3 is 151 Å². The minimum absolute atomic E-state index is 0.185. The molecule has 0 unspecified atom stereocenters. The normalized spacial score (nSPS) is 20.2. The van der Waals surface area contributed by atoms with Gasteiger partial charge in [-0.25, -0.2) is 0 Å². The van der Waals surface area contributed by atoms with Crippen LogP contribution in [0.1, 0.15) is 111 Å². The van der Waals surface area contributed by atoms with E-state index in [1.807, 2.05) is 0 Å². The molecule has 0 aromatic carbocycles. The molecule has 1 aliphatic heterocycles. The van der Waals surface area contributed by atoms with Crippen molar-refractivity contribution in [3.63, 3.8) is 0 Å². The summed E-state index contributed by atoms with van der Waals surface area (Å²) >= 11 is -0.185. The fraction of sp³-hybridized carbons (Fsp3) is 1.00. The molecule has 0 aromatic rings. The molecule has 1 nitrogen and oxygen atoms in total. The van der Waals surface area contributed by atoms with E-state index in [0.717, 1.165) is 0 Å². The van der Waals surface area contributed by atoms with Crippen molar-refractivity contribution >= 4 is 21.3 Å². The molecule has 1 aliphatic rings. The molecule has 0 amide bonds. The van der Waals surface area contributed by atoms with Gasteiger partial charge in [0.15, 0.2) is 0 Å². The van der Waals surface area contributed by atoms with Gasteiger partial charge in [-0.2, -0.15) is 0 Å². The van der Waals surface area contributed by atoms with E-state index in [2.05, 4.69) is 27.7 Å². The zero-order valence-electron chi connectivity index (χ0n) is 15.7. The fourth-order valence-electron chi connectivity index (χ4n) is 4.56. The van der Waals surface area contributed by atoms with Crippen LogP contribution in [0.5, 0.6) is 0 Å². The van der Waals surface area contributed by atoms with E-state index >= 15 is 0 Å². The maximum absolute atomic E-state index is 6.81. The molecule has 0 N–H and O–H groups in total. The Hall–Kier alpha value is 0.750. The Labute approximate surface area is 151 Å². The van der Waals surface area contributed by atoms with Gasteiger partial charge in [-0.05, 0) is 0 Å². The summed E-state index contributed by atoms with van der Waals surface area (Å²) in [5, 5.41) is 0. The zero-order chi connectivity index (χ0) is 16.3. The molecule has 1 heterocycles. The Morgan fingerprint density at radius 3 is 1.73 bits per heavy atom. The summed E-state index contributed by atoms with van der Waals surface area (Å²) in [6.07, 6.45) is 17.8. The summed E-state index contributed by atoms with van der Waals surface area (Å²) in [6.45, 7) is 9.41. The topological polar surface area (TPSA) is 9.23 Å². The third-order valence-corrected chi connectivity index (χ3v) is 7.98. The molecule has 0 aliphatic carbocycles. The van der Waals surface area contributed by atoms with Gasteiger partial charge < -0.3 is 0 Å². The Balaban J connectivity index is 2.96. The molecule has 2 heteroatoms. The fourth-order valence-corrected chi connectivity index (χ4v) is 7.77. The van der Waals surface area contributed by atoms with Gasteiger partial charge in [0.2, 0.25) is 0 Å². The molecule has 0 saturated carbocycles. The molecular weight excluding hydrogens is 384 g/mol. The molecule has 0 bridgehead atoms. The van der Waals surface area contributed by atoms with Gasteiger partial charge in [0.1, 0.15) is 0 Å². The van der Waals surface area contributed by atoms with Crippen molar-refractivity contribution < 1.29 is 3.10 Å². The summed E-state index contributed by atoms with van der Waals surface area (Å²) in [7, 11) is 0. The first-order valence-electron chi connectivity index (χ1n) is 10.0. The van der Waals surface area contributed by atoms with E-state index in [4.69, 9.17) is 3.10 Å². The van der Waals surface area contributed by atoms with Crippen molar-refractivity contribution in [1.82, 2.24) is 0 Å². The summed E-state index contributed by atoms with van der Waals surface area (Å²) < 4.78 is 8.22. The van der Waals surface area contributed by atoms with E-state index in [9.17, 15) is 0 Å². The van der Waals surface area contributed by atoms with E-state index in [-0.39, 0.29) is 26.9 Å². The van der Waals surface area contributed by atoms with Crippen LogP contribution >= 0.6 is 0 Å². The minimum atomic E-state index is -0.185. The van der Waals surface area contributed by atoms with Gasteiger partial charge in [0.05, 0.1) is 0 Å². The van der Waals surface area contributed by atoms with Gasteiger partial charge in [0, 0.05) is 0 Å². The van der Waals surface area contributed by atoms with Crippen LogP contribution in [0.25, 0.3) is 0 Å². The van der Waals surface area contributed by atoms with Crippen molar-refractivity contribution in [3.8, 4) is 0 Å². The van der Waals surface area contributed by atoms with E-state index in [1.54, 1.807) is 0 Å². The second-order valence-corrected chi connectivity index (χ2v) is 9.66. The van der Waals surface area contributed by atoms with Crippen LogP contribution in [0.4, 0.5) is 0 Å². The molecule has 1 fully saturated rings. The van der Waals surface area contributed by atoms with E-state index in [0.29, 0.717) is 5.41 Å². The number of rotatable bonds is 12. The number of hydrogen-bond donors (Lipinski definition) is 0. The van der Waals surface area contributed by atoms with Gasteiger partial charge in [-0.1, -0.05) is 0 Å². The van der Waals surface area contributed by atoms with Crippen molar-refractivity contribution in [3.05, 3.63) is 0 Å². The van der Waals surface area contributed by atoms with Crippen molar-refractivity contribution in [2.75, 3.05) is 0 Å². The van der Waals surface area contributed by atoms with E-state index < -0.39 is 0 Å². The Kier molecular flexibility index (Phi) is 10.7. The first-order valence-corrected chi connectivity index (χ1v) is 12.6. The first-order chi connectivity index (χ1) is 10.7. The summed E-state index contributed by atoms with van der Waals surface area (Å²) in [4.78, 5) is 0. The molecule has 1 saturated heterocycles. The van der Waals surface area contributed by atoms with Crippen molar-refractivity contribution in [2.24, 2.45) is 5.41 Å². The molecule has 132 valence electrons. The molecule has 0 aromatic heterocycles. The molecule has 22 heavy (non-hydrogen) atoms. The Morgan fingerprint density at radius 2 is 1.27 bits per heavy atom. The predicted octanol–water partition coefficient (Wildman–Crippen LogP) is 6.93. The standard InChI is InChI=1S/C20H40OTe/c1-5-9-11-15-20(16-12-10-6-2)19(13-7-3,14-8-4)17-18-22-21-20/h5-18H2,1-4H3. The SMILES string of the molecule is CCCCCC1(CCCCC)O[Te]CCC1(CCC)CCC. The van der Waals surface area contributed by atoms with Crippen LogP contribution in [0.3, 0.4) is 0 Å². The number of unbranched alkanes of at least 4 members (excludes halogenated alkanes) is 4. The quantitative estimate of drug-likeness (QED) is 0.244. The van der Waals surface area contributed by atoms with Crippen LogP contribution in [-0.2, 0) is 3.10 Å². The van der Waals surface area contributed by atoms with Crippen LogP contribution < -0.4 is 0 Å². The maximum atomic E-state index is 6.81. The van der Waals surface area contributed by atoms with Gasteiger partial charge in [-0.15, -0.1) is 0 Å². The summed E-state index contributed by atoms with van der Waals surface area (Å²) in [5.41, 5.74) is 0.755. The molecule has 0 spiro atoms. The molecule has 1 rings (SSSR count). The second kappa shape index (κ2) is 11.3. The zero-order valence-corrected chi connectivity index (χ0v) is 18.0. The summed E-state index contributed by atoms with van der Waals surface area (Å²) in [5.74, 6) is 0. The molecular formula is C20H40OTe. The second-order valence-electron chi connectivity index (χ2n) is 7.34. The van der Waals surface area contributed by atoms with Crippen LogP contribution in [0.15, 0.2) is 0 Å². The predicted molar refractivity (Wildman–Crippen MR) is 99.5 cm³/mol. The van der Waals surface area contributed by atoms with Crippen LogP contribution in [-0.4, -0.2) is 26.9 Å². The molecule has 0 radical (unpaired) electrons. The summed E-state index contributed by atoms with van der Waals surface area (Å²) in [6, 6.07) is 0. The molecule has 0 atom stereocenters. The first kappa shape index (κ1) is 20.8. The van der Waals surface area contributed by atoms with Crippen LogP contribution in [0, 0.1) is 5.41 Å². The average molecular weight is 424 g/mol. The van der Waals surface area contributed by atoms with Gasteiger partial charge in [-0.3, -0.25) is 0 Å². The third kappa shape index (κ3) is 5.39. The Morgan fingerprint density at radius 1 is 0.727 bits per heavy atom. The van der Waals surface area contributed by atoms with E-state index in [1.165, 1.54) is 87.9 Å². The average Bonchev–Trinajstić information content (AvgIpc) is 2.51. The van der Waals surface area contributed by atoms with Crippen molar-refractivity contribution in [1.29, 1.82) is 0 Å².